The molecule has 0 spiro atoms. The van der Waals surface area contributed by atoms with Gasteiger partial charge in [-0.25, -0.2) is 0 Å². The molecule has 1 aromatic carbocycles. The van der Waals surface area contributed by atoms with Gasteiger partial charge in [0.05, 0.1) is 19.4 Å². The Morgan fingerprint density at radius 1 is 1.31 bits per heavy atom. The van der Waals surface area contributed by atoms with Gasteiger partial charge in [-0.1, -0.05) is 12.1 Å². The average Bonchev–Trinajstić information content (AvgIpc) is 2.81. The quantitative estimate of drug-likeness (QED) is 0.859. The van der Waals surface area contributed by atoms with Crippen molar-refractivity contribution in [2.45, 2.75) is 13.0 Å². The summed E-state index contributed by atoms with van der Waals surface area (Å²) in [6.45, 7) is 2.00. The molecule has 0 fully saturated rings. The second-order valence-electron chi connectivity index (χ2n) is 3.72. The van der Waals surface area contributed by atoms with Crippen molar-refractivity contribution >= 4 is 0 Å². The lowest BCUT2D eigenvalue weighted by atomic mass is 10.0. The second kappa shape index (κ2) is 4.41. The number of furan rings is 1. The highest BCUT2D eigenvalue weighted by Gasteiger charge is 2.12. The van der Waals surface area contributed by atoms with Crippen LogP contribution in [0.2, 0.25) is 0 Å². The normalized spacial score (nSPS) is 12.4. The van der Waals surface area contributed by atoms with Crippen molar-refractivity contribution in [1.82, 2.24) is 0 Å². The molecule has 0 radical (unpaired) electrons. The van der Waals surface area contributed by atoms with Crippen molar-refractivity contribution in [3.63, 3.8) is 0 Å². The smallest absolute Gasteiger partial charge is 0.124 e. The van der Waals surface area contributed by atoms with Gasteiger partial charge in [-0.3, -0.25) is 0 Å². The molecule has 2 N–H and O–H groups in total. The molecule has 84 valence electrons. The molecule has 2 aromatic rings. The molecule has 0 aliphatic heterocycles. The van der Waals surface area contributed by atoms with Crippen molar-refractivity contribution in [3.05, 3.63) is 53.5 Å². The van der Waals surface area contributed by atoms with Gasteiger partial charge >= 0.3 is 0 Å². The van der Waals surface area contributed by atoms with Gasteiger partial charge in [0, 0.05) is 0 Å². The van der Waals surface area contributed by atoms with Crippen LogP contribution in [0.3, 0.4) is 0 Å². The molecule has 0 aliphatic carbocycles. The SMILES string of the molecule is COc1ccc(C(N)c2ccco2)cc1C. The van der Waals surface area contributed by atoms with Crippen molar-refractivity contribution in [1.29, 1.82) is 0 Å². The van der Waals surface area contributed by atoms with Crippen LogP contribution < -0.4 is 10.5 Å². The van der Waals surface area contributed by atoms with Crippen LogP contribution in [0.25, 0.3) is 0 Å². The maximum absolute atomic E-state index is 6.09. The fraction of sp³-hybridized carbons (Fsp3) is 0.231. The number of methoxy groups -OCH3 is 1. The third-order valence-corrected chi connectivity index (χ3v) is 2.63. The van der Waals surface area contributed by atoms with E-state index in [0.29, 0.717) is 0 Å². The van der Waals surface area contributed by atoms with E-state index in [-0.39, 0.29) is 6.04 Å². The summed E-state index contributed by atoms with van der Waals surface area (Å²) >= 11 is 0. The van der Waals surface area contributed by atoms with E-state index >= 15 is 0 Å². The minimum absolute atomic E-state index is 0.223. The van der Waals surface area contributed by atoms with Crippen molar-refractivity contribution in [3.8, 4) is 5.75 Å². The molecule has 0 saturated heterocycles. The Balaban J connectivity index is 2.31. The summed E-state index contributed by atoms with van der Waals surface area (Å²) in [4.78, 5) is 0. The maximum atomic E-state index is 6.09. The number of aryl methyl sites for hydroxylation is 1. The zero-order valence-corrected chi connectivity index (χ0v) is 9.44. The number of rotatable bonds is 3. The van der Waals surface area contributed by atoms with Crippen molar-refractivity contribution < 1.29 is 9.15 Å². The first kappa shape index (κ1) is 10.8. The predicted octanol–water partition coefficient (Wildman–Crippen LogP) is 2.64. The first-order valence-corrected chi connectivity index (χ1v) is 5.16. The van der Waals surface area contributed by atoms with E-state index < -0.39 is 0 Å². The molecule has 1 aromatic heterocycles. The lowest BCUT2D eigenvalue weighted by Gasteiger charge is -2.12. The summed E-state index contributed by atoms with van der Waals surface area (Å²) in [6.07, 6.45) is 1.63. The fourth-order valence-electron chi connectivity index (χ4n) is 1.73. The Kier molecular flexibility index (Phi) is 2.97. The molecular weight excluding hydrogens is 202 g/mol. The largest absolute Gasteiger partial charge is 0.496 e. The molecule has 0 bridgehead atoms. The van der Waals surface area contributed by atoms with Gasteiger partial charge < -0.3 is 14.9 Å². The van der Waals surface area contributed by atoms with Crippen LogP contribution in [0.15, 0.2) is 41.0 Å². The molecule has 1 atom stereocenters. The van der Waals surface area contributed by atoms with Crippen LogP contribution in [0.1, 0.15) is 22.9 Å². The first-order valence-electron chi connectivity index (χ1n) is 5.16. The van der Waals surface area contributed by atoms with Gasteiger partial charge in [-0.2, -0.15) is 0 Å². The summed E-state index contributed by atoms with van der Waals surface area (Å²) in [5.41, 5.74) is 8.18. The maximum Gasteiger partial charge on any atom is 0.124 e. The van der Waals surface area contributed by atoms with E-state index in [1.165, 1.54) is 0 Å². The highest BCUT2D eigenvalue weighted by molar-refractivity contribution is 5.39. The highest BCUT2D eigenvalue weighted by atomic mass is 16.5. The summed E-state index contributed by atoms with van der Waals surface area (Å²) < 4.78 is 10.5. The first-order chi connectivity index (χ1) is 7.72. The van der Waals surface area contributed by atoms with Gasteiger partial charge in [-0.15, -0.1) is 0 Å². The second-order valence-corrected chi connectivity index (χ2v) is 3.72. The number of nitrogens with two attached hydrogens (primary N) is 1. The molecule has 16 heavy (non-hydrogen) atoms. The van der Waals surface area contributed by atoms with Crippen LogP contribution in [-0.2, 0) is 0 Å². The van der Waals surface area contributed by atoms with Crippen LogP contribution in [-0.4, -0.2) is 7.11 Å². The zero-order valence-electron chi connectivity index (χ0n) is 9.44. The fourth-order valence-corrected chi connectivity index (χ4v) is 1.73. The van der Waals surface area contributed by atoms with Gasteiger partial charge in [0.25, 0.3) is 0 Å². The Hall–Kier alpha value is -1.74. The highest BCUT2D eigenvalue weighted by Crippen LogP contribution is 2.25. The van der Waals surface area contributed by atoms with E-state index in [1.807, 2.05) is 37.3 Å². The Labute approximate surface area is 94.8 Å². The molecule has 0 saturated carbocycles. The van der Waals surface area contributed by atoms with Crippen LogP contribution >= 0.6 is 0 Å². The van der Waals surface area contributed by atoms with E-state index in [4.69, 9.17) is 14.9 Å². The minimum Gasteiger partial charge on any atom is -0.496 e. The third kappa shape index (κ3) is 1.95. The zero-order chi connectivity index (χ0) is 11.5. The molecule has 0 amide bonds. The molecule has 3 heteroatoms. The van der Waals surface area contributed by atoms with Crippen LogP contribution in [0.5, 0.6) is 5.75 Å². The summed E-state index contributed by atoms with van der Waals surface area (Å²) in [6, 6.07) is 9.40. The number of hydrogen-bond donors (Lipinski definition) is 1. The summed E-state index contributed by atoms with van der Waals surface area (Å²) in [7, 11) is 1.66. The van der Waals surface area contributed by atoms with Crippen molar-refractivity contribution in [2.75, 3.05) is 7.11 Å². The molecular formula is C13H15NO2. The molecule has 2 rings (SSSR count). The third-order valence-electron chi connectivity index (χ3n) is 2.63. The monoisotopic (exact) mass is 217 g/mol. The van der Waals surface area contributed by atoms with Gasteiger partial charge in [-0.05, 0) is 36.2 Å². The number of ether oxygens (including phenoxy) is 1. The Morgan fingerprint density at radius 3 is 2.69 bits per heavy atom. The van der Waals surface area contributed by atoms with E-state index in [1.54, 1.807) is 13.4 Å². The topological polar surface area (TPSA) is 48.4 Å². The van der Waals surface area contributed by atoms with Gasteiger partial charge in [0.15, 0.2) is 0 Å². The molecule has 1 unspecified atom stereocenters. The standard InChI is InChI=1S/C13H15NO2/c1-9-8-10(5-6-11(9)15-2)13(14)12-4-3-7-16-12/h3-8,13H,14H2,1-2H3. The van der Waals surface area contributed by atoms with E-state index in [2.05, 4.69) is 0 Å². The Bertz CT molecular complexity index is 463. The number of hydrogen-bond acceptors (Lipinski definition) is 3. The van der Waals surface area contributed by atoms with Crippen molar-refractivity contribution in [2.24, 2.45) is 5.73 Å². The van der Waals surface area contributed by atoms with Crippen LogP contribution in [0, 0.1) is 6.92 Å². The summed E-state index contributed by atoms with van der Waals surface area (Å²) in [5.74, 6) is 1.64. The van der Waals surface area contributed by atoms with Crippen LogP contribution in [0.4, 0.5) is 0 Å². The average molecular weight is 217 g/mol. The molecule has 3 nitrogen and oxygen atoms in total. The molecule has 0 aliphatic rings. The van der Waals surface area contributed by atoms with E-state index in [9.17, 15) is 0 Å². The predicted molar refractivity (Wildman–Crippen MR) is 62.5 cm³/mol. The minimum atomic E-state index is -0.223. The van der Waals surface area contributed by atoms with Gasteiger partial charge in [0.2, 0.25) is 0 Å². The summed E-state index contributed by atoms with van der Waals surface area (Å²) in [5, 5.41) is 0. The lowest BCUT2D eigenvalue weighted by Crippen LogP contribution is -2.11. The number of benzene rings is 1. The lowest BCUT2D eigenvalue weighted by molar-refractivity contribution is 0.411. The Morgan fingerprint density at radius 2 is 2.12 bits per heavy atom. The van der Waals surface area contributed by atoms with Gasteiger partial charge in [0.1, 0.15) is 11.5 Å². The molecule has 1 heterocycles. The van der Waals surface area contributed by atoms with E-state index in [0.717, 1.165) is 22.6 Å².